The first-order valence-corrected chi connectivity index (χ1v) is 11.5. The molecule has 0 radical (unpaired) electrons. The molecule has 0 aliphatic carbocycles. The zero-order valence-electron chi connectivity index (χ0n) is 18.3. The number of nitrogens with one attached hydrogen (secondary N) is 3. The van der Waals surface area contributed by atoms with Gasteiger partial charge in [-0.1, -0.05) is 13.0 Å². The third-order valence-electron chi connectivity index (χ3n) is 4.47. The van der Waals surface area contributed by atoms with Crippen LogP contribution in [0.3, 0.4) is 0 Å². The Kier molecular flexibility index (Phi) is 7.60. The first kappa shape index (κ1) is 24.4. The zero-order valence-corrected chi connectivity index (χ0v) is 19.1. The first-order chi connectivity index (χ1) is 16.2. The van der Waals surface area contributed by atoms with Crippen LogP contribution in [0.2, 0.25) is 0 Å². The first-order valence-electron chi connectivity index (χ1n) is 10.0. The van der Waals surface area contributed by atoms with E-state index in [1.54, 1.807) is 50.2 Å². The minimum absolute atomic E-state index is 0.0164. The van der Waals surface area contributed by atoms with Gasteiger partial charge in [0, 0.05) is 17.8 Å². The number of aromatic nitrogens is 2. The molecule has 3 aromatic rings. The number of halogens is 1. The van der Waals surface area contributed by atoms with Gasteiger partial charge in [0.25, 0.3) is 10.0 Å². The van der Waals surface area contributed by atoms with E-state index < -0.39 is 21.7 Å². The maximum Gasteiger partial charge on any atom is 0.264 e. The standard InChI is InChI=1S/C22H21FN6O4S/c1-3-20(30)29-34(31,32)19-12-16(5-4-14(19)2)27-22-25-13-18(23)21(28-22)26-15-6-8-17(9-7-15)33-11-10-24/h4-9,12-13H,3,11H2,1-2H3,(H,29,30)(H2,25,26,27,28). The van der Waals surface area contributed by atoms with Crippen LogP contribution in [0.4, 0.5) is 27.5 Å². The molecule has 0 unspecified atom stereocenters. The molecule has 1 heterocycles. The highest BCUT2D eigenvalue weighted by Gasteiger charge is 2.20. The summed E-state index contributed by atoms with van der Waals surface area (Å²) in [6.45, 7) is 3.06. The topological polar surface area (TPSA) is 146 Å². The predicted molar refractivity (Wildman–Crippen MR) is 123 cm³/mol. The quantitative estimate of drug-likeness (QED) is 0.415. The molecule has 0 aliphatic heterocycles. The van der Waals surface area contributed by atoms with Crippen molar-refractivity contribution in [3.63, 3.8) is 0 Å². The predicted octanol–water partition coefficient (Wildman–Crippen LogP) is 3.53. The molecule has 0 saturated carbocycles. The highest BCUT2D eigenvalue weighted by atomic mass is 32.2. The Bertz CT molecular complexity index is 1340. The monoisotopic (exact) mass is 484 g/mol. The second-order valence-electron chi connectivity index (χ2n) is 6.97. The summed E-state index contributed by atoms with van der Waals surface area (Å²) in [6, 6.07) is 12.9. The summed E-state index contributed by atoms with van der Waals surface area (Å²) < 4.78 is 46.5. The Balaban J connectivity index is 1.80. The van der Waals surface area contributed by atoms with Crippen LogP contribution in [0.25, 0.3) is 0 Å². The summed E-state index contributed by atoms with van der Waals surface area (Å²) in [5, 5.41) is 14.2. The van der Waals surface area contributed by atoms with E-state index in [1.807, 2.05) is 10.8 Å². The van der Waals surface area contributed by atoms with Crippen LogP contribution < -0.4 is 20.1 Å². The van der Waals surface area contributed by atoms with Gasteiger partial charge in [-0.15, -0.1) is 0 Å². The Morgan fingerprint density at radius 3 is 2.53 bits per heavy atom. The van der Waals surface area contributed by atoms with Crippen LogP contribution in [0.5, 0.6) is 5.75 Å². The van der Waals surface area contributed by atoms with Gasteiger partial charge < -0.3 is 15.4 Å². The molecule has 12 heteroatoms. The van der Waals surface area contributed by atoms with E-state index >= 15 is 0 Å². The third kappa shape index (κ3) is 6.17. The smallest absolute Gasteiger partial charge is 0.264 e. The summed E-state index contributed by atoms with van der Waals surface area (Å²) in [6.07, 6.45) is 0.987. The van der Waals surface area contributed by atoms with Gasteiger partial charge in [0.1, 0.15) is 11.8 Å². The summed E-state index contributed by atoms with van der Waals surface area (Å²) in [5.41, 5.74) is 1.28. The molecular formula is C22H21FN6O4S. The lowest BCUT2D eigenvalue weighted by Gasteiger charge is -2.13. The Hall–Kier alpha value is -4.24. The molecule has 0 aliphatic rings. The number of amides is 1. The molecule has 1 amide bonds. The zero-order chi connectivity index (χ0) is 24.7. The fourth-order valence-electron chi connectivity index (χ4n) is 2.78. The van der Waals surface area contributed by atoms with Crippen molar-refractivity contribution in [1.29, 1.82) is 5.26 Å². The van der Waals surface area contributed by atoms with E-state index in [-0.39, 0.29) is 29.7 Å². The molecule has 0 saturated heterocycles. The Morgan fingerprint density at radius 1 is 1.15 bits per heavy atom. The van der Waals surface area contributed by atoms with Crippen molar-refractivity contribution >= 4 is 39.1 Å². The number of rotatable bonds is 9. The van der Waals surface area contributed by atoms with Gasteiger partial charge >= 0.3 is 0 Å². The lowest BCUT2D eigenvalue weighted by Crippen LogP contribution is -2.30. The van der Waals surface area contributed by atoms with Gasteiger partial charge in [-0.25, -0.2) is 22.5 Å². The number of benzene rings is 2. The molecular weight excluding hydrogens is 463 g/mol. The fourth-order valence-corrected chi connectivity index (χ4v) is 4.10. The molecule has 176 valence electrons. The van der Waals surface area contributed by atoms with E-state index in [0.29, 0.717) is 22.7 Å². The number of hydrogen-bond acceptors (Lipinski definition) is 9. The molecule has 0 bridgehead atoms. The van der Waals surface area contributed by atoms with Gasteiger partial charge in [0.2, 0.25) is 11.9 Å². The van der Waals surface area contributed by atoms with Crippen LogP contribution in [-0.4, -0.2) is 30.9 Å². The van der Waals surface area contributed by atoms with Crippen molar-refractivity contribution in [1.82, 2.24) is 14.7 Å². The Labute approximate surface area is 195 Å². The lowest BCUT2D eigenvalue weighted by molar-refractivity contribution is -0.119. The van der Waals surface area contributed by atoms with E-state index in [4.69, 9.17) is 10.00 Å². The number of hydrogen-bond donors (Lipinski definition) is 3. The largest absolute Gasteiger partial charge is 0.479 e. The minimum atomic E-state index is -4.06. The summed E-state index contributed by atoms with van der Waals surface area (Å²) in [7, 11) is -4.06. The van der Waals surface area contributed by atoms with Crippen LogP contribution in [-0.2, 0) is 14.8 Å². The number of aryl methyl sites for hydroxylation is 1. The van der Waals surface area contributed by atoms with Crippen LogP contribution in [0.15, 0.2) is 53.6 Å². The van der Waals surface area contributed by atoms with Gasteiger partial charge in [-0.2, -0.15) is 10.2 Å². The number of sulfonamides is 1. The van der Waals surface area contributed by atoms with Crippen LogP contribution in [0, 0.1) is 24.1 Å². The van der Waals surface area contributed by atoms with Crippen molar-refractivity contribution in [2.75, 3.05) is 17.2 Å². The van der Waals surface area contributed by atoms with Crippen molar-refractivity contribution in [2.24, 2.45) is 0 Å². The highest BCUT2D eigenvalue weighted by molar-refractivity contribution is 7.90. The molecule has 0 spiro atoms. The average Bonchev–Trinajstić information content (AvgIpc) is 2.81. The van der Waals surface area contributed by atoms with Gasteiger partial charge in [0.05, 0.1) is 11.1 Å². The van der Waals surface area contributed by atoms with Gasteiger partial charge in [-0.3, -0.25) is 4.79 Å². The molecule has 34 heavy (non-hydrogen) atoms. The summed E-state index contributed by atoms with van der Waals surface area (Å²) >= 11 is 0. The lowest BCUT2D eigenvalue weighted by atomic mass is 10.2. The molecule has 10 nitrogen and oxygen atoms in total. The molecule has 1 aromatic heterocycles. The number of nitriles is 1. The number of ether oxygens (including phenoxy) is 1. The normalized spacial score (nSPS) is 10.8. The number of carbonyl (C=O) groups is 1. The molecule has 2 aromatic carbocycles. The van der Waals surface area contributed by atoms with Gasteiger partial charge in [0.15, 0.2) is 18.2 Å². The van der Waals surface area contributed by atoms with E-state index in [1.165, 1.54) is 6.07 Å². The third-order valence-corrected chi connectivity index (χ3v) is 5.98. The molecule has 0 fully saturated rings. The number of anilines is 4. The SMILES string of the molecule is CCC(=O)NS(=O)(=O)c1cc(Nc2ncc(F)c(Nc3ccc(OCC#N)cc3)n2)ccc1C. The fraction of sp³-hybridized carbons (Fsp3) is 0.182. The summed E-state index contributed by atoms with van der Waals surface area (Å²) in [4.78, 5) is 19.5. The van der Waals surface area contributed by atoms with Crippen molar-refractivity contribution in [2.45, 2.75) is 25.2 Å². The molecule has 0 atom stereocenters. The van der Waals surface area contributed by atoms with Gasteiger partial charge in [-0.05, 0) is 48.9 Å². The Morgan fingerprint density at radius 2 is 1.85 bits per heavy atom. The van der Waals surface area contributed by atoms with Crippen molar-refractivity contribution in [3.8, 4) is 11.8 Å². The van der Waals surface area contributed by atoms with E-state index in [2.05, 4.69) is 20.6 Å². The van der Waals surface area contributed by atoms with Crippen LogP contribution in [0.1, 0.15) is 18.9 Å². The summed E-state index contributed by atoms with van der Waals surface area (Å²) in [5.74, 6) is -0.941. The van der Waals surface area contributed by atoms with Crippen molar-refractivity contribution < 1.29 is 22.3 Å². The molecule has 3 rings (SSSR count). The maximum absolute atomic E-state index is 14.3. The average molecular weight is 485 g/mol. The second kappa shape index (κ2) is 10.6. The van der Waals surface area contributed by atoms with Crippen LogP contribution >= 0.6 is 0 Å². The van der Waals surface area contributed by atoms with Crippen molar-refractivity contribution in [3.05, 3.63) is 60.0 Å². The minimum Gasteiger partial charge on any atom is -0.479 e. The molecule has 3 N–H and O–H groups in total. The second-order valence-corrected chi connectivity index (χ2v) is 8.62. The number of carbonyl (C=O) groups excluding carboxylic acids is 1. The highest BCUT2D eigenvalue weighted by Crippen LogP contribution is 2.25. The maximum atomic E-state index is 14.3. The van der Waals surface area contributed by atoms with E-state index in [0.717, 1.165) is 6.20 Å². The van der Waals surface area contributed by atoms with E-state index in [9.17, 15) is 17.6 Å². The number of nitrogens with zero attached hydrogens (tertiary/aromatic N) is 3.